The summed E-state index contributed by atoms with van der Waals surface area (Å²) in [5, 5.41) is 18.5. The molecular formula is C30H28N2. The smallest absolute Gasteiger partial charge is 0.0795 e. The molecule has 0 aromatic heterocycles. The maximum absolute atomic E-state index is 8.14. The van der Waals surface area contributed by atoms with Crippen LogP contribution in [-0.4, -0.2) is 11.4 Å². The summed E-state index contributed by atoms with van der Waals surface area (Å²) in [6.45, 7) is 4.22. The van der Waals surface area contributed by atoms with Crippen LogP contribution in [0.1, 0.15) is 35.6 Å². The average Bonchev–Trinajstić information content (AvgIpc) is 2.81. The van der Waals surface area contributed by atoms with Crippen molar-refractivity contribution in [3.8, 4) is 0 Å². The summed E-state index contributed by atoms with van der Waals surface area (Å²) in [5.74, 6) is 0. The van der Waals surface area contributed by atoms with Crippen LogP contribution in [0.2, 0.25) is 0 Å². The van der Waals surface area contributed by atoms with Crippen molar-refractivity contribution < 1.29 is 0 Å². The van der Waals surface area contributed by atoms with Gasteiger partial charge in [-0.15, -0.1) is 0 Å². The van der Waals surface area contributed by atoms with Crippen LogP contribution >= 0.6 is 0 Å². The molecule has 2 heteroatoms. The van der Waals surface area contributed by atoms with Crippen molar-refractivity contribution >= 4 is 33.8 Å². The lowest BCUT2D eigenvalue weighted by atomic mass is 9.83. The Kier molecular flexibility index (Phi) is 6.42. The van der Waals surface area contributed by atoms with Gasteiger partial charge in [-0.2, -0.15) is 0 Å². The van der Waals surface area contributed by atoms with Crippen molar-refractivity contribution in [3.63, 3.8) is 0 Å². The van der Waals surface area contributed by atoms with Crippen molar-refractivity contribution in [1.82, 2.24) is 0 Å². The molecule has 2 nitrogen and oxygen atoms in total. The highest BCUT2D eigenvalue weighted by Crippen LogP contribution is 2.37. The number of rotatable bonds is 5. The van der Waals surface area contributed by atoms with E-state index in [2.05, 4.69) is 92.8 Å². The molecule has 2 aliphatic rings. The first-order valence-corrected chi connectivity index (χ1v) is 11.0. The molecule has 0 atom stereocenters. The SMILES string of the molecule is C/C=C\c1c(C)c(C2=CC(=N)C(=N)C=C2)c2ccccc2c1C/C=C\C=C1\C=CC=CC1. The predicted octanol–water partition coefficient (Wildman–Crippen LogP) is 7.72. The maximum atomic E-state index is 8.14. The molecule has 0 heterocycles. The van der Waals surface area contributed by atoms with Gasteiger partial charge in [0.2, 0.25) is 0 Å². The average molecular weight is 417 g/mol. The third kappa shape index (κ3) is 4.31. The minimum Gasteiger partial charge on any atom is -0.299 e. The quantitative estimate of drug-likeness (QED) is 0.469. The molecule has 0 saturated heterocycles. The molecule has 4 rings (SSSR count). The summed E-state index contributed by atoms with van der Waals surface area (Å²) in [4.78, 5) is 0. The van der Waals surface area contributed by atoms with E-state index in [1.165, 1.54) is 33.0 Å². The van der Waals surface area contributed by atoms with Gasteiger partial charge in [0.15, 0.2) is 0 Å². The Bertz CT molecular complexity index is 1300. The third-order valence-corrected chi connectivity index (χ3v) is 5.95. The summed E-state index contributed by atoms with van der Waals surface area (Å²) in [6, 6.07) is 8.54. The zero-order chi connectivity index (χ0) is 22.5. The minimum atomic E-state index is 0.253. The van der Waals surface area contributed by atoms with Gasteiger partial charge in [-0.1, -0.05) is 85.0 Å². The number of benzene rings is 2. The molecular weight excluding hydrogens is 388 g/mol. The first kappa shape index (κ1) is 21.5. The van der Waals surface area contributed by atoms with E-state index in [4.69, 9.17) is 10.8 Å². The van der Waals surface area contributed by atoms with Crippen LogP contribution in [0, 0.1) is 17.7 Å². The van der Waals surface area contributed by atoms with E-state index >= 15 is 0 Å². The van der Waals surface area contributed by atoms with E-state index in [9.17, 15) is 0 Å². The van der Waals surface area contributed by atoms with E-state index < -0.39 is 0 Å². The molecule has 0 fully saturated rings. The molecule has 0 spiro atoms. The first-order chi connectivity index (χ1) is 15.6. The number of hydrogen-bond donors (Lipinski definition) is 2. The van der Waals surface area contributed by atoms with Crippen molar-refractivity contribution in [3.05, 3.63) is 119 Å². The zero-order valence-corrected chi connectivity index (χ0v) is 18.7. The lowest BCUT2D eigenvalue weighted by molar-refractivity contribution is 1.24. The molecule has 32 heavy (non-hydrogen) atoms. The Morgan fingerprint density at radius 2 is 1.78 bits per heavy atom. The fourth-order valence-electron chi connectivity index (χ4n) is 4.39. The summed E-state index contributed by atoms with van der Waals surface area (Å²) in [6.07, 6.45) is 26.7. The summed E-state index contributed by atoms with van der Waals surface area (Å²) in [5.41, 5.74) is 7.73. The molecule has 0 unspecified atom stereocenters. The molecule has 0 amide bonds. The van der Waals surface area contributed by atoms with Gasteiger partial charge in [-0.3, -0.25) is 10.8 Å². The van der Waals surface area contributed by atoms with Gasteiger partial charge in [-0.05, 0) is 83.0 Å². The second kappa shape index (κ2) is 9.57. The van der Waals surface area contributed by atoms with Crippen LogP contribution in [0.15, 0.2) is 96.7 Å². The molecule has 158 valence electrons. The Hall–Kier alpha value is -3.78. The lowest BCUT2D eigenvalue weighted by Crippen LogP contribution is -2.11. The maximum Gasteiger partial charge on any atom is 0.0795 e. The molecule has 2 aromatic carbocycles. The Morgan fingerprint density at radius 1 is 0.969 bits per heavy atom. The molecule has 2 aliphatic carbocycles. The van der Waals surface area contributed by atoms with Crippen molar-refractivity contribution in [2.45, 2.75) is 26.7 Å². The minimum absolute atomic E-state index is 0.253. The van der Waals surface area contributed by atoms with Gasteiger partial charge in [0.1, 0.15) is 0 Å². The molecule has 2 N–H and O–H groups in total. The summed E-state index contributed by atoms with van der Waals surface area (Å²) >= 11 is 0. The second-order valence-electron chi connectivity index (χ2n) is 8.06. The second-order valence-corrected chi connectivity index (χ2v) is 8.06. The highest BCUT2D eigenvalue weighted by atomic mass is 14.5. The van der Waals surface area contributed by atoms with Gasteiger partial charge in [0.05, 0.1) is 11.4 Å². The van der Waals surface area contributed by atoms with Crippen LogP contribution in [0.5, 0.6) is 0 Å². The summed E-state index contributed by atoms with van der Waals surface area (Å²) < 4.78 is 0. The van der Waals surface area contributed by atoms with Gasteiger partial charge in [0.25, 0.3) is 0 Å². The van der Waals surface area contributed by atoms with Crippen molar-refractivity contribution in [1.29, 1.82) is 10.8 Å². The van der Waals surface area contributed by atoms with E-state index in [0.29, 0.717) is 0 Å². The normalized spacial score (nSPS) is 17.4. The third-order valence-electron chi connectivity index (χ3n) is 5.95. The highest BCUT2D eigenvalue weighted by Gasteiger charge is 2.18. The van der Waals surface area contributed by atoms with E-state index in [-0.39, 0.29) is 11.4 Å². The van der Waals surface area contributed by atoms with E-state index in [0.717, 1.165) is 24.0 Å². The fourth-order valence-corrected chi connectivity index (χ4v) is 4.39. The Balaban J connectivity index is 1.83. The summed E-state index contributed by atoms with van der Waals surface area (Å²) in [7, 11) is 0. The van der Waals surface area contributed by atoms with Gasteiger partial charge in [0, 0.05) is 0 Å². The van der Waals surface area contributed by atoms with Crippen molar-refractivity contribution in [2.24, 2.45) is 0 Å². The topological polar surface area (TPSA) is 47.7 Å². The van der Waals surface area contributed by atoms with Crippen LogP contribution in [0.25, 0.3) is 22.4 Å². The molecule has 0 radical (unpaired) electrons. The molecule has 2 aromatic rings. The Morgan fingerprint density at radius 3 is 2.50 bits per heavy atom. The molecule has 0 aliphatic heterocycles. The lowest BCUT2D eigenvalue weighted by Gasteiger charge is -2.20. The standard InChI is InChI=1S/C30H28N2/c1-3-11-24-21(2)30(23-18-19-28(31)29(32)20-23)27-17-10-9-16-26(27)25(24)15-8-7-14-22-12-5-4-6-13-22/h3-12,14,16-20,31-32H,13,15H2,1-2H3/b8-7-,11-3-,22-14-,31-28?,32-29?. The first-order valence-electron chi connectivity index (χ1n) is 11.0. The van der Waals surface area contributed by atoms with Crippen LogP contribution in [0.3, 0.4) is 0 Å². The number of nitrogens with one attached hydrogen (secondary N) is 2. The predicted molar refractivity (Wildman–Crippen MR) is 140 cm³/mol. The number of allylic oxidation sites excluding steroid dienone is 13. The molecule has 0 bridgehead atoms. The number of hydrogen-bond acceptors (Lipinski definition) is 2. The highest BCUT2D eigenvalue weighted by molar-refractivity contribution is 6.50. The van der Waals surface area contributed by atoms with Crippen molar-refractivity contribution in [2.75, 3.05) is 0 Å². The Labute approximate surface area is 190 Å². The zero-order valence-electron chi connectivity index (χ0n) is 18.7. The van der Waals surface area contributed by atoms with Crippen LogP contribution in [0.4, 0.5) is 0 Å². The molecule has 0 saturated carbocycles. The van der Waals surface area contributed by atoms with Crippen LogP contribution in [-0.2, 0) is 6.42 Å². The van der Waals surface area contributed by atoms with Gasteiger partial charge >= 0.3 is 0 Å². The van der Waals surface area contributed by atoms with E-state index in [1.807, 2.05) is 12.2 Å². The number of fused-ring (bicyclic) bond motifs is 1. The largest absolute Gasteiger partial charge is 0.299 e. The fraction of sp³-hybridized carbons (Fsp3) is 0.133. The van der Waals surface area contributed by atoms with Crippen LogP contribution < -0.4 is 0 Å². The van der Waals surface area contributed by atoms with Gasteiger partial charge < -0.3 is 0 Å². The van der Waals surface area contributed by atoms with E-state index in [1.54, 1.807) is 6.08 Å². The van der Waals surface area contributed by atoms with Gasteiger partial charge in [-0.25, -0.2) is 0 Å². The monoisotopic (exact) mass is 416 g/mol.